The topological polar surface area (TPSA) is 58.6 Å². The van der Waals surface area contributed by atoms with Gasteiger partial charge < -0.3 is 15.0 Å². The summed E-state index contributed by atoms with van der Waals surface area (Å²) in [5.41, 5.74) is 1.92. The van der Waals surface area contributed by atoms with Gasteiger partial charge in [-0.15, -0.1) is 11.8 Å². The Kier molecular flexibility index (Phi) is 10.7. The summed E-state index contributed by atoms with van der Waals surface area (Å²) < 4.78 is 5.31. The van der Waals surface area contributed by atoms with Crippen molar-refractivity contribution in [1.29, 1.82) is 0 Å². The van der Waals surface area contributed by atoms with Crippen molar-refractivity contribution in [2.24, 2.45) is 0 Å². The first kappa shape index (κ1) is 25.1. The van der Waals surface area contributed by atoms with E-state index >= 15 is 0 Å². The van der Waals surface area contributed by atoms with Crippen LogP contribution in [-0.2, 0) is 21.9 Å². The molecule has 1 atom stereocenters. The minimum Gasteiger partial charge on any atom is -0.497 e. The van der Waals surface area contributed by atoms with Crippen molar-refractivity contribution in [3.05, 3.63) is 64.7 Å². The van der Waals surface area contributed by atoms with Gasteiger partial charge in [0.05, 0.1) is 12.9 Å². The molecule has 2 aromatic rings. The number of benzene rings is 2. The average molecular weight is 463 g/mol. The summed E-state index contributed by atoms with van der Waals surface area (Å²) in [4.78, 5) is 27.7. The fraction of sp³-hybridized carbons (Fsp3) is 0.417. The van der Waals surface area contributed by atoms with Gasteiger partial charge >= 0.3 is 0 Å². The molecule has 0 saturated carbocycles. The van der Waals surface area contributed by atoms with Crippen LogP contribution in [0.25, 0.3) is 0 Å². The molecule has 2 rings (SSSR count). The number of ether oxygens (including phenoxy) is 1. The van der Waals surface area contributed by atoms with Gasteiger partial charge in [-0.2, -0.15) is 0 Å². The van der Waals surface area contributed by atoms with E-state index in [1.54, 1.807) is 12.0 Å². The molecule has 0 heterocycles. The van der Waals surface area contributed by atoms with Gasteiger partial charge in [-0.3, -0.25) is 9.59 Å². The van der Waals surface area contributed by atoms with Crippen LogP contribution < -0.4 is 10.1 Å². The Morgan fingerprint density at radius 2 is 1.94 bits per heavy atom. The van der Waals surface area contributed by atoms with Crippen molar-refractivity contribution < 1.29 is 14.3 Å². The molecular formula is C24H31ClN2O3S. The number of rotatable bonds is 12. The largest absolute Gasteiger partial charge is 0.497 e. The summed E-state index contributed by atoms with van der Waals surface area (Å²) in [5, 5.41) is 3.63. The molecule has 168 valence electrons. The van der Waals surface area contributed by atoms with Gasteiger partial charge in [0.1, 0.15) is 11.8 Å². The normalized spacial score (nSPS) is 11.6. The van der Waals surface area contributed by atoms with Gasteiger partial charge in [0.25, 0.3) is 0 Å². The maximum atomic E-state index is 13.2. The van der Waals surface area contributed by atoms with Gasteiger partial charge in [0.2, 0.25) is 11.8 Å². The lowest BCUT2D eigenvalue weighted by Gasteiger charge is -2.30. The van der Waals surface area contributed by atoms with Crippen LogP contribution in [0.4, 0.5) is 0 Å². The predicted molar refractivity (Wildman–Crippen MR) is 129 cm³/mol. The minimum atomic E-state index is -0.522. The number of nitrogens with one attached hydrogen (secondary N) is 1. The monoisotopic (exact) mass is 462 g/mol. The van der Waals surface area contributed by atoms with Crippen LogP contribution in [-0.4, -0.2) is 42.2 Å². The maximum absolute atomic E-state index is 13.2. The van der Waals surface area contributed by atoms with Gasteiger partial charge in [-0.1, -0.05) is 55.8 Å². The summed E-state index contributed by atoms with van der Waals surface area (Å²) in [6.07, 6.45) is 1.39. The van der Waals surface area contributed by atoms with Gasteiger partial charge in [0, 0.05) is 23.9 Å². The van der Waals surface area contributed by atoms with Crippen LogP contribution in [0.3, 0.4) is 0 Å². The second kappa shape index (κ2) is 13.3. The van der Waals surface area contributed by atoms with Gasteiger partial charge in [-0.25, -0.2) is 0 Å². The Balaban J connectivity index is 2.15. The average Bonchev–Trinajstić information content (AvgIpc) is 2.78. The molecule has 7 heteroatoms. The Labute approximate surface area is 194 Å². The van der Waals surface area contributed by atoms with Crippen molar-refractivity contribution in [2.75, 3.05) is 19.4 Å². The van der Waals surface area contributed by atoms with E-state index in [9.17, 15) is 9.59 Å². The zero-order valence-electron chi connectivity index (χ0n) is 18.4. The Morgan fingerprint density at radius 1 is 1.16 bits per heavy atom. The number of hydrogen-bond donors (Lipinski definition) is 1. The first-order valence-corrected chi connectivity index (χ1v) is 12.0. The summed E-state index contributed by atoms with van der Waals surface area (Å²) in [7, 11) is 1.61. The van der Waals surface area contributed by atoms with E-state index in [-0.39, 0.29) is 17.6 Å². The van der Waals surface area contributed by atoms with E-state index in [1.807, 2.05) is 62.4 Å². The van der Waals surface area contributed by atoms with Crippen LogP contribution in [0.5, 0.6) is 5.75 Å². The highest BCUT2D eigenvalue weighted by molar-refractivity contribution is 7.99. The number of thioether (sulfide) groups is 1. The maximum Gasteiger partial charge on any atom is 0.242 e. The first-order chi connectivity index (χ1) is 15.0. The number of methoxy groups -OCH3 is 1. The van der Waals surface area contributed by atoms with Crippen molar-refractivity contribution in [1.82, 2.24) is 10.2 Å². The fourth-order valence-corrected chi connectivity index (χ4v) is 4.40. The zero-order chi connectivity index (χ0) is 22.6. The van der Waals surface area contributed by atoms with E-state index in [1.165, 1.54) is 11.8 Å². The Bertz CT molecular complexity index is 862. The lowest BCUT2D eigenvalue weighted by molar-refractivity contribution is -0.139. The molecular weight excluding hydrogens is 432 g/mol. The summed E-state index contributed by atoms with van der Waals surface area (Å²) >= 11 is 7.73. The van der Waals surface area contributed by atoms with Crippen molar-refractivity contribution in [3.63, 3.8) is 0 Å². The molecule has 0 saturated heterocycles. The number of nitrogens with zero attached hydrogens (tertiary/aromatic N) is 1. The minimum absolute atomic E-state index is 0.0710. The van der Waals surface area contributed by atoms with Gasteiger partial charge in [-0.05, 0) is 42.2 Å². The van der Waals surface area contributed by atoms with E-state index < -0.39 is 6.04 Å². The van der Waals surface area contributed by atoms with Crippen molar-refractivity contribution in [3.8, 4) is 5.75 Å². The van der Waals surface area contributed by atoms with E-state index in [4.69, 9.17) is 16.3 Å². The van der Waals surface area contributed by atoms with Crippen LogP contribution in [0.2, 0.25) is 5.02 Å². The molecule has 0 radical (unpaired) electrons. The number of carbonyl (C=O) groups excluding carboxylic acids is 2. The number of halogens is 1. The van der Waals surface area contributed by atoms with Crippen molar-refractivity contribution >= 4 is 35.2 Å². The first-order valence-electron chi connectivity index (χ1n) is 10.5. The van der Waals surface area contributed by atoms with E-state index in [0.717, 1.165) is 23.3 Å². The Hall–Kier alpha value is -2.18. The molecule has 0 bridgehead atoms. The highest BCUT2D eigenvalue weighted by atomic mass is 35.5. The standard InChI is InChI=1S/C24H31ClN2O3S/c1-4-13-26-24(29)22(5-2)27(15-18-9-8-11-20(14-18)30-3)23(28)17-31-16-19-10-6-7-12-21(19)25/h6-12,14,22H,4-5,13,15-17H2,1-3H3,(H,26,29)/t22-/m1/s1. The molecule has 0 spiro atoms. The quantitative estimate of drug-likeness (QED) is 0.486. The lowest BCUT2D eigenvalue weighted by Crippen LogP contribution is -2.49. The molecule has 0 fully saturated rings. The third kappa shape index (κ3) is 7.78. The van der Waals surface area contributed by atoms with Crippen molar-refractivity contribution in [2.45, 2.75) is 45.0 Å². The van der Waals surface area contributed by atoms with Crippen LogP contribution in [0.1, 0.15) is 37.8 Å². The third-order valence-corrected chi connectivity index (χ3v) is 6.20. The summed E-state index contributed by atoms with van der Waals surface area (Å²) in [5.74, 6) is 1.45. The van der Waals surface area contributed by atoms with Crippen LogP contribution in [0, 0.1) is 0 Å². The molecule has 5 nitrogen and oxygen atoms in total. The highest BCUT2D eigenvalue weighted by Gasteiger charge is 2.28. The van der Waals surface area contributed by atoms with Gasteiger partial charge in [0.15, 0.2) is 0 Å². The number of carbonyl (C=O) groups is 2. The molecule has 1 N–H and O–H groups in total. The van der Waals surface area contributed by atoms with E-state index in [0.29, 0.717) is 30.3 Å². The summed E-state index contributed by atoms with van der Waals surface area (Å²) in [6.45, 7) is 4.88. The fourth-order valence-electron chi connectivity index (χ4n) is 3.20. The lowest BCUT2D eigenvalue weighted by atomic mass is 10.1. The molecule has 2 aromatic carbocycles. The third-order valence-electron chi connectivity index (χ3n) is 4.86. The molecule has 0 aromatic heterocycles. The molecule has 0 aliphatic carbocycles. The second-order valence-corrected chi connectivity index (χ2v) is 8.57. The number of amides is 2. The SMILES string of the molecule is CCCNC(=O)[C@@H](CC)N(Cc1cccc(OC)c1)C(=O)CSCc1ccccc1Cl. The van der Waals surface area contributed by atoms with Crippen LogP contribution >= 0.6 is 23.4 Å². The van der Waals surface area contributed by atoms with Crippen LogP contribution in [0.15, 0.2) is 48.5 Å². The smallest absolute Gasteiger partial charge is 0.242 e. The predicted octanol–water partition coefficient (Wildman–Crippen LogP) is 4.92. The van der Waals surface area contributed by atoms with E-state index in [2.05, 4.69) is 5.32 Å². The molecule has 31 heavy (non-hydrogen) atoms. The Morgan fingerprint density at radius 3 is 2.61 bits per heavy atom. The molecule has 0 aliphatic heterocycles. The molecule has 2 amide bonds. The highest BCUT2D eigenvalue weighted by Crippen LogP contribution is 2.22. The summed E-state index contributed by atoms with van der Waals surface area (Å²) in [6, 6.07) is 14.7. The molecule has 0 aliphatic rings. The number of hydrogen-bond acceptors (Lipinski definition) is 4. The molecule has 0 unspecified atom stereocenters. The second-order valence-electron chi connectivity index (χ2n) is 7.17. The zero-order valence-corrected chi connectivity index (χ0v) is 20.0.